The lowest BCUT2D eigenvalue weighted by atomic mass is 9.96. The molecular weight excluding hydrogens is 530 g/mol. The summed E-state index contributed by atoms with van der Waals surface area (Å²) < 4.78 is 4.27. The number of aryl methyl sites for hydroxylation is 2. The molecule has 1 spiro atoms. The minimum absolute atomic E-state index is 0.146. The van der Waals surface area contributed by atoms with E-state index in [1.165, 1.54) is 16.1 Å². The number of hydrogen-bond donors (Lipinski definition) is 1. The molecule has 8 rings (SSSR count). The van der Waals surface area contributed by atoms with Crippen molar-refractivity contribution in [2.75, 3.05) is 0 Å². The number of nitrogens with zero attached hydrogens (tertiary/aromatic N) is 6. The Hall–Kier alpha value is -3.30. The first-order valence-corrected chi connectivity index (χ1v) is 14.9. The van der Waals surface area contributed by atoms with Gasteiger partial charge < -0.3 is 5.32 Å². The molecule has 0 saturated heterocycles. The van der Waals surface area contributed by atoms with Gasteiger partial charge in [-0.25, -0.2) is 0 Å². The van der Waals surface area contributed by atoms with Crippen LogP contribution in [-0.2, 0) is 36.1 Å². The second-order valence-corrected chi connectivity index (χ2v) is 12.8. The summed E-state index contributed by atoms with van der Waals surface area (Å²) in [5.74, 6) is 2.25. The molecule has 2 aliphatic heterocycles. The molecule has 1 amide bonds. The van der Waals surface area contributed by atoms with Crippen molar-refractivity contribution in [1.29, 1.82) is 0 Å². The van der Waals surface area contributed by atoms with Crippen LogP contribution in [-0.4, -0.2) is 42.2 Å². The number of nitrogens with one attached hydrogen (secondary N) is 1. The van der Waals surface area contributed by atoms with Crippen molar-refractivity contribution in [3.05, 3.63) is 80.5 Å². The summed E-state index contributed by atoms with van der Waals surface area (Å²) in [5.41, 5.74) is 5.24. The lowest BCUT2D eigenvalue weighted by Crippen LogP contribution is -2.40. The third kappa shape index (κ3) is 3.73. The van der Waals surface area contributed by atoms with Gasteiger partial charge in [0.1, 0.15) is 16.4 Å². The largest absolute Gasteiger partial charge is 0.353 e. The molecule has 0 radical (unpaired) electrons. The van der Waals surface area contributed by atoms with Crippen molar-refractivity contribution in [2.45, 2.75) is 70.0 Å². The summed E-state index contributed by atoms with van der Waals surface area (Å²) in [5, 5.41) is 18.6. The number of halogens is 1. The quantitative estimate of drug-likeness (QED) is 0.398. The topological polar surface area (TPSA) is 90.0 Å². The van der Waals surface area contributed by atoms with Gasteiger partial charge in [0.15, 0.2) is 5.82 Å². The van der Waals surface area contributed by atoms with E-state index >= 15 is 0 Å². The molecule has 1 unspecified atom stereocenters. The summed E-state index contributed by atoms with van der Waals surface area (Å²) in [7, 11) is 0. The van der Waals surface area contributed by atoms with Gasteiger partial charge in [-0.05, 0) is 62.6 Å². The first kappa shape index (κ1) is 23.6. The molecule has 10 heteroatoms. The zero-order valence-corrected chi connectivity index (χ0v) is 23.2. The highest BCUT2D eigenvalue weighted by atomic mass is 35.5. The molecule has 5 heterocycles. The normalized spacial score (nSPS) is 21.9. The second-order valence-electron chi connectivity index (χ2n) is 11.3. The van der Waals surface area contributed by atoms with Gasteiger partial charge in [-0.3, -0.25) is 19.0 Å². The number of fused-ring (bicyclic) bond motifs is 7. The van der Waals surface area contributed by atoms with E-state index in [1.807, 2.05) is 53.4 Å². The fraction of sp³-hybridized carbons (Fsp3) is 0.414. The average molecular weight is 558 g/mol. The van der Waals surface area contributed by atoms with E-state index in [2.05, 4.69) is 31.2 Å². The fourth-order valence-corrected chi connectivity index (χ4v) is 8.33. The summed E-state index contributed by atoms with van der Waals surface area (Å²) in [6.07, 6.45) is 7.82. The number of rotatable bonds is 4. The first-order chi connectivity index (χ1) is 19.0. The van der Waals surface area contributed by atoms with E-state index in [4.69, 9.17) is 16.6 Å². The Morgan fingerprint density at radius 3 is 2.90 bits per heavy atom. The van der Waals surface area contributed by atoms with Gasteiger partial charge in [0, 0.05) is 58.3 Å². The standard InChI is InChI=1S/C29H28ClN7OS/c1-16-34-35-28-29(8-9-29)33-26(20-4-2-3-5-22(20)30)25-21-12-17(13-23(21)39-27(25)37(16)28)14-24(38)32-18-7-11-36-19(15-18)6-10-31-36/h2-6,10,17-18H,7-9,11-15H2,1H3,(H,32,38)/t17-,18?/m0/s1. The van der Waals surface area contributed by atoms with Crippen LogP contribution >= 0.6 is 22.9 Å². The number of hydrogen-bond acceptors (Lipinski definition) is 6. The first-order valence-electron chi connectivity index (χ1n) is 13.7. The highest BCUT2D eigenvalue weighted by molar-refractivity contribution is 7.15. The van der Waals surface area contributed by atoms with E-state index in [0.29, 0.717) is 11.4 Å². The molecule has 2 atom stereocenters. The Kier molecular flexibility index (Phi) is 5.20. The minimum atomic E-state index is -0.339. The molecule has 3 aromatic heterocycles. The third-order valence-corrected chi connectivity index (χ3v) is 10.3. The van der Waals surface area contributed by atoms with Crippen molar-refractivity contribution in [1.82, 2.24) is 29.9 Å². The maximum Gasteiger partial charge on any atom is 0.220 e. The average Bonchev–Trinajstić information content (AvgIpc) is 3.22. The van der Waals surface area contributed by atoms with Gasteiger partial charge in [-0.1, -0.05) is 29.8 Å². The van der Waals surface area contributed by atoms with Crippen molar-refractivity contribution in [3.63, 3.8) is 0 Å². The van der Waals surface area contributed by atoms with Crippen molar-refractivity contribution in [2.24, 2.45) is 10.9 Å². The molecule has 4 aromatic rings. The molecule has 39 heavy (non-hydrogen) atoms. The number of carbonyl (C=O) groups excluding carboxylic acids is 1. The molecule has 2 aliphatic carbocycles. The van der Waals surface area contributed by atoms with Crippen molar-refractivity contribution < 1.29 is 4.79 Å². The highest BCUT2D eigenvalue weighted by Crippen LogP contribution is 2.54. The smallest absolute Gasteiger partial charge is 0.220 e. The van der Waals surface area contributed by atoms with E-state index in [-0.39, 0.29) is 23.4 Å². The third-order valence-electron chi connectivity index (χ3n) is 8.69. The molecule has 8 nitrogen and oxygen atoms in total. The Morgan fingerprint density at radius 2 is 2.05 bits per heavy atom. The Bertz CT molecular complexity index is 1680. The summed E-state index contributed by atoms with van der Waals surface area (Å²) in [6.45, 7) is 2.88. The van der Waals surface area contributed by atoms with Crippen LogP contribution in [0, 0.1) is 12.8 Å². The molecule has 0 bridgehead atoms. The van der Waals surface area contributed by atoms with Crippen LogP contribution in [0.2, 0.25) is 5.02 Å². The Balaban J connectivity index is 1.11. The van der Waals surface area contributed by atoms with Crippen molar-refractivity contribution in [3.8, 4) is 5.00 Å². The summed E-state index contributed by atoms with van der Waals surface area (Å²) in [6, 6.07) is 10.2. The van der Waals surface area contributed by atoms with Gasteiger partial charge in [0.2, 0.25) is 5.91 Å². The summed E-state index contributed by atoms with van der Waals surface area (Å²) >= 11 is 8.58. The number of amides is 1. The van der Waals surface area contributed by atoms with Crippen LogP contribution in [0.4, 0.5) is 0 Å². The van der Waals surface area contributed by atoms with Gasteiger partial charge >= 0.3 is 0 Å². The van der Waals surface area contributed by atoms with Gasteiger partial charge in [-0.15, -0.1) is 21.5 Å². The van der Waals surface area contributed by atoms with Crippen molar-refractivity contribution >= 4 is 34.6 Å². The number of aliphatic imine (C=N–C) groups is 1. The van der Waals surface area contributed by atoms with Gasteiger partial charge in [-0.2, -0.15) is 5.10 Å². The number of carbonyl (C=O) groups is 1. The Morgan fingerprint density at radius 1 is 1.18 bits per heavy atom. The van der Waals surface area contributed by atoms with E-state index in [1.54, 1.807) is 0 Å². The zero-order chi connectivity index (χ0) is 26.3. The minimum Gasteiger partial charge on any atom is -0.353 e. The second kappa shape index (κ2) is 8.60. The van der Waals surface area contributed by atoms with Crippen LogP contribution in [0.3, 0.4) is 0 Å². The molecular formula is C29H28ClN7OS. The van der Waals surface area contributed by atoms with E-state index in [0.717, 1.165) is 78.6 Å². The van der Waals surface area contributed by atoms with Crippen LogP contribution in [0.15, 0.2) is 41.5 Å². The van der Waals surface area contributed by atoms with Crippen LogP contribution in [0.5, 0.6) is 0 Å². The Labute approximate surface area is 235 Å². The highest BCUT2D eigenvalue weighted by Gasteiger charge is 2.52. The predicted molar refractivity (Wildman–Crippen MR) is 150 cm³/mol. The maximum atomic E-state index is 13.1. The zero-order valence-electron chi connectivity index (χ0n) is 21.7. The monoisotopic (exact) mass is 557 g/mol. The van der Waals surface area contributed by atoms with E-state index in [9.17, 15) is 4.79 Å². The SMILES string of the molecule is Cc1nnc2n1-c1sc3c(c1C(c1ccccc1Cl)=NC21CC1)C[C@H](CC(=O)NC1CCn2nccc2C1)C3. The van der Waals surface area contributed by atoms with Gasteiger partial charge in [0.05, 0.1) is 5.71 Å². The van der Waals surface area contributed by atoms with Gasteiger partial charge in [0.25, 0.3) is 0 Å². The predicted octanol–water partition coefficient (Wildman–Crippen LogP) is 4.56. The lowest BCUT2D eigenvalue weighted by Gasteiger charge is -2.25. The number of aromatic nitrogens is 5. The molecule has 198 valence electrons. The molecule has 1 saturated carbocycles. The van der Waals surface area contributed by atoms with Crippen LogP contribution < -0.4 is 5.32 Å². The van der Waals surface area contributed by atoms with Crippen LogP contribution in [0.25, 0.3) is 5.00 Å². The maximum absolute atomic E-state index is 13.1. The molecule has 1 aromatic carbocycles. The lowest BCUT2D eigenvalue weighted by molar-refractivity contribution is -0.122. The number of thiophene rings is 1. The molecule has 1 fully saturated rings. The fourth-order valence-electron chi connectivity index (χ4n) is 6.62. The summed E-state index contributed by atoms with van der Waals surface area (Å²) in [4.78, 5) is 19.9. The molecule has 1 N–H and O–H groups in total. The van der Waals surface area contributed by atoms with Crippen LogP contribution in [0.1, 0.15) is 64.6 Å². The van der Waals surface area contributed by atoms with E-state index < -0.39 is 0 Å². The number of benzene rings is 1. The molecule has 4 aliphatic rings.